The van der Waals surface area contributed by atoms with E-state index < -0.39 is 10.0 Å². The first-order valence-electron chi connectivity index (χ1n) is 5.98. The van der Waals surface area contributed by atoms with Gasteiger partial charge in [-0.25, -0.2) is 8.42 Å². The van der Waals surface area contributed by atoms with Crippen LogP contribution in [-0.4, -0.2) is 29.6 Å². The molecule has 0 N–H and O–H groups in total. The van der Waals surface area contributed by atoms with E-state index in [1.54, 1.807) is 24.6 Å². The van der Waals surface area contributed by atoms with Gasteiger partial charge in [0.2, 0.25) is 0 Å². The Bertz CT molecular complexity index is 645. The topological polar surface area (TPSA) is 55.2 Å². The van der Waals surface area contributed by atoms with E-state index in [1.165, 1.54) is 15.6 Å². The van der Waals surface area contributed by atoms with Gasteiger partial charge in [-0.05, 0) is 25.3 Å². The summed E-state index contributed by atoms with van der Waals surface area (Å²) in [5.41, 5.74) is 1.81. The second-order valence-electron chi connectivity index (χ2n) is 4.29. The van der Waals surface area contributed by atoms with Crippen LogP contribution in [0.4, 0.5) is 0 Å². The van der Waals surface area contributed by atoms with Gasteiger partial charge in [0.05, 0.1) is 5.69 Å². The Hall–Kier alpha value is -1.18. The number of hydrogen-bond acceptors (Lipinski definition) is 4. The maximum atomic E-state index is 12.3. The van der Waals surface area contributed by atoms with E-state index in [2.05, 4.69) is 5.10 Å². The van der Waals surface area contributed by atoms with Gasteiger partial charge in [0.15, 0.2) is 0 Å². The summed E-state index contributed by atoms with van der Waals surface area (Å²) in [7, 11) is -1.80. The van der Waals surface area contributed by atoms with Crippen LogP contribution in [0.15, 0.2) is 27.9 Å². The molecule has 0 aliphatic heterocycles. The number of aromatic nitrogens is 2. The number of rotatable bonds is 5. The molecule has 2 aromatic rings. The van der Waals surface area contributed by atoms with Crippen LogP contribution in [0.2, 0.25) is 0 Å². The van der Waals surface area contributed by atoms with Gasteiger partial charge in [0.1, 0.15) is 4.21 Å². The van der Waals surface area contributed by atoms with Crippen molar-refractivity contribution >= 4 is 21.4 Å². The third-order valence-corrected chi connectivity index (χ3v) is 6.10. The second-order valence-corrected chi connectivity index (χ2v) is 7.51. The van der Waals surface area contributed by atoms with E-state index in [1.807, 2.05) is 24.7 Å². The van der Waals surface area contributed by atoms with Crippen LogP contribution < -0.4 is 0 Å². The molecule has 5 nitrogen and oxygen atoms in total. The molecule has 0 aliphatic rings. The molecule has 2 heterocycles. The fraction of sp³-hybridized carbons (Fsp3) is 0.417. The standard InChI is InChI=1S/C12H17N3O2S2/c1-4-15-9-11(10(2)13-15)8-14(3)19(16,17)12-6-5-7-18-12/h5-7,9H,4,8H2,1-3H3. The van der Waals surface area contributed by atoms with Crippen molar-refractivity contribution in [2.75, 3.05) is 7.05 Å². The molecule has 0 atom stereocenters. The summed E-state index contributed by atoms with van der Waals surface area (Å²) in [6.45, 7) is 5.02. The van der Waals surface area contributed by atoms with Gasteiger partial charge in [-0.3, -0.25) is 4.68 Å². The number of nitrogens with zero attached hydrogens (tertiary/aromatic N) is 3. The van der Waals surface area contributed by atoms with Gasteiger partial charge in [0.25, 0.3) is 10.0 Å². The number of thiophene rings is 1. The van der Waals surface area contributed by atoms with E-state index in [9.17, 15) is 8.42 Å². The molecule has 0 saturated heterocycles. The average Bonchev–Trinajstić information content (AvgIpc) is 2.99. The predicted molar refractivity (Wildman–Crippen MR) is 75.6 cm³/mol. The lowest BCUT2D eigenvalue weighted by molar-refractivity contribution is 0.467. The fourth-order valence-electron chi connectivity index (χ4n) is 1.77. The quantitative estimate of drug-likeness (QED) is 0.849. The van der Waals surface area contributed by atoms with Crippen molar-refractivity contribution in [2.45, 2.75) is 31.1 Å². The SMILES string of the molecule is CCn1cc(CN(C)S(=O)(=O)c2cccs2)c(C)n1. The van der Waals surface area contributed by atoms with Gasteiger partial charge in [-0.1, -0.05) is 6.07 Å². The molecule has 19 heavy (non-hydrogen) atoms. The first kappa shape index (κ1) is 14.2. The second kappa shape index (κ2) is 5.44. The lowest BCUT2D eigenvalue weighted by Gasteiger charge is -2.15. The molecule has 104 valence electrons. The zero-order valence-corrected chi connectivity index (χ0v) is 12.8. The molecule has 0 aliphatic carbocycles. The van der Waals surface area contributed by atoms with Crippen molar-refractivity contribution in [3.8, 4) is 0 Å². The van der Waals surface area contributed by atoms with Gasteiger partial charge in [-0.15, -0.1) is 11.3 Å². The summed E-state index contributed by atoms with van der Waals surface area (Å²) < 4.78 is 28.1. The molecule has 0 aromatic carbocycles. The average molecular weight is 299 g/mol. The molecule has 2 rings (SSSR count). The first-order chi connectivity index (χ1) is 8.95. The minimum Gasteiger partial charge on any atom is -0.272 e. The monoisotopic (exact) mass is 299 g/mol. The lowest BCUT2D eigenvalue weighted by atomic mass is 10.3. The molecular weight excluding hydrogens is 282 g/mol. The van der Waals surface area contributed by atoms with Gasteiger partial charge in [0, 0.05) is 31.9 Å². The fourth-order valence-corrected chi connectivity index (χ4v) is 4.11. The van der Waals surface area contributed by atoms with Crippen LogP contribution in [0.5, 0.6) is 0 Å². The highest BCUT2D eigenvalue weighted by Gasteiger charge is 2.22. The lowest BCUT2D eigenvalue weighted by Crippen LogP contribution is -2.25. The summed E-state index contributed by atoms with van der Waals surface area (Å²) >= 11 is 1.23. The Kier molecular flexibility index (Phi) is 4.07. The molecule has 0 spiro atoms. The van der Waals surface area contributed by atoms with Crippen LogP contribution in [0.1, 0.15) is 18.2 Å². The Balaban J connectivity index is 2.21. The molecule has 0 bridgehead atoms. The number of sulfonamides is 1. The largest absolute Gasteiger partial charge is 0.272 e. The Labute approximate surface area is 117 Å². The van der Waals surface area contributed by atoms with Crippen molar-refractivity contribution in [3.63, 3.8) is 0 Å². The molecule has 2 aromatic heterocycles. The zero-order chi connectivity index (χ0) is 14.0. The van der Waals surface area contributed by atoms with Crippen LogP contribution in [0.25, 0.3) is 0 Å². The highest BCUT2D eigenvalue weighted by atomic mass is 32.2. The van der Waals surface area contributed by atoms with Crippen LogP contribution in [0.3, 0.4) is 0 Å². The third kappa shape index (κ3) is 2.88. The maximum absolute atomic E-state index is 12.3. The highest BCUT2D eigenvalue weighted by Crippen LogP contribution is 2.21. The molecule has 0 radical (unpaired) electrons. The Morgan fingerprint density at radius 1 is 1.47 bits per heavy atom. The predicted octanol–water partition coefficient (Wildman–Crippen LogP) is 2.09. The minimum absolute atomic E-state index is 0.339. The number of hydrogen-bond donors (Lipinski definition) is 0. The smallest absolute Gasteiger partial charge is 0.252 e. The van der Waals surface area contributed by atoms with E-state index in [0.29, 0.717) is 10.8 Å². The maximum Gasteiger partial charge on any atom is 0.252 e. The van der Waals surface area contributed by atoms with E-state index >= 15 is 0 Å². The summed E-state index contributed by atoms with van der Waals surface area (Å²) in [5, 5.41) is 6.09. The molecular formula is C12H17N3O2S2. The molecule has 0 amide bonds. The molecule has 0 fully saturated rings. The van der Waals surface area contributed by atoms with Crippen LogP contribution in [0, 0.1) is 6.92 Å². The van der Waals surface area contributed by atoms with Crippen molar-refractivity contribution in [1.29, 1.82) is 0 Å². The van der Waals surface area contributed by atoms with Gasteiger partial charge in [-0.2, -0.15) is 9.40 Å². The normalized spacial score (nSPS) is 12.2. The van der Waals surface area contributed by atoms with Gasteiger partial charge >= 0.3 is 0 Å². The van der Waals surface area contributed by atoms with E-state index in [4.69, 9.17) is 0 Å². The van der Waals surface area contributed by atoms with Crippen molar-refractivity contribution in [3.05, 3.63) is 35.0 Å². The molecule has 0 unspecified atom stereocenters. The third-order valence-electron chi connectivity index (χ3n) is 2.92. The van der Waals surface area contributed by atoms with Crippen molar-refractivity contribution in [2.24, 2.45) is 0 Å². The van der Waals surface area contributed by atoms with Crippen LogP contribution in [-0.2, 0) is 23.1 Å². The summed E-state index contributed by atoms with van der Waals surface area (Å²) in [6, 6.07) is 3.37. The zero-order valence-electron chi connectivity index (χ0n) is 11.2. The Morgan fingerprint density at radius 2 is 2.21 bits per heavy atom. The summed E-state index contributed by atoms with van der Waals surface area (Å²) in [5.74, 6) is 0. The number of aryl methyl sites for hydroxylation is 2. The molecule has 7 heteroatoms. The minimum atomic E-state index is -3.39. The highest BCUT2D eigenvalue weighted by molar-refractivity contribution is 7.91. The summed E-state index contributed by atoms with van der Waals surface area (Å²) in [6.07, 6.45) is 1.90. The van der Waals surface area contributed by atoms with Crippen molar-refractivity contribution < 1.29 is 8.42 Å². The molecule has 0 saturated carbocycles. The van der Waals surface area contributed by atoms with Crippen LogP contribution >= 0.6 is 11.3 Å². The van der Waals surface area contributed by atoms with Crippen molar-refractivity contribution in [1.82, 2.24) is 14.1 Å². The van der Waals surface area contributed by atoms with E-state index in [0.717, 1.165) is 17.8 Å². The van der Waals surface area contributed by atoms with Gasteiger partial charge < -0.3 is 0 Å². The first-order valence-corrected chi connectivity index (χ1v) is 8.30. The van der Waals surface area contributed by atoms with E-state index in [-0.39, 0.29) is 0 Å². The summed E-state index contributed by atoms with van der Waals surface area (Å²) in [4.78, 5) is 0. The Morgan fingerprint density at radius 3 is 2.74 bits per heavy atom.